The fourth-order valence-electron chi connectivity index (χ4n) is 3.96. The van der Waals surface area contributed by atoms with Crippen LogP contribution in [0.25, 0.3) is 43.8 Å². The van der Waals surface area contributed by atoms with Crippen LogP contribution in [0.2, 0.25) is 0 Å². The summed E-state index contributed by atoms with van der Waals surface area (Å²) in [4.78, 5) is 16.0. The number of alkyl halides is 3. The maximum atomic E-state index is 14.1. The second-order valence-electron chi connectivity index (χ2n) is 7.84. The Labute approximate surface area is 204 Å². The largest absolute Gasteiger partial charge is 0.418 e. The standard InChI is InChI=1S/C24H13F3N6S2/c1-13-10-33-11-19(30-23(33)35-13)15-3-2-14(9-28)8-16(15)21-17(24(25,26)27)4-5-18(29-21)20-12-32-6-7-34-22(32)31-20/h2-8,10-12H,1H3. The van der Waals surface area contributed by atoms with E-state index in [2.05, 4.69) is 15.0 Å². The van der Waals surface area contributed by atoms with Crippen molar-refractivity contribution >= 4 is 32.6 Å². The molecular weight excluding hydrogens is 493 g/mol. The van der Waals surface area contributed by atoms with Crippen LogP contribution >= 0.6 is 22.7 Å². The summed E-state index contributed by atoms with van der Waals surface area (Å²) < 4.78 is 46.0. The van der Waals surface area contributed by atoms with Gasteiger partial charge in [-0.25, -0.2) is 15.0 Å². The van der Waals surface area contributed by atoms with Crippen molar-refractivity contribution in [2.24, 2.45) is 0 Å². The molecule has 6 rings (SSSR count). The monoisotopic (exact) mass is 506 g/mol. The normalized spacial score (nSPS) is 12.0. The van der Waals surface area contributed by atoms with Crippen LogP contribution in [0.1, 0.15) is 16.0 Å². The summed E-state index contributed by atoms with van der Waals surface area (Å²) in [6, 6.07) is 8.97. The predicted octanol–water partition coefficient (Wildman–Crippen LogP) is 6.70. The van der Waals surface area contributed by atoms with Crippen molar-refractivity contribution in [1.82, 2.24) is 23.8 Å². The van der Waals surface area contributed by atoms with E-state index in [1.54, 1.807) is 28.9 Å². The topological polar surface area (TPSA) is 71.3 Å². The molecule has 0 radical (unpaired) electrons. The lowest BCUT2D eigenvalue weighted by atomic mass is 9.95. The summed E-state index contributed by atoms with van der Waals surface area (Å²) in [5.74, 6) is 0. The highest BCUT2D eigenvalue weighted by molar-refractivity contribution is 7.17. The Morgan fingerprint density at radius 3 is 2.43 bits per heavy atom. The molecule has 0 aliphatic heterocycles. The molecule has 6 aromatic rings. The highest BCUT2D eigenvalue weighted by Gasteiger charge is 2.36. The van der Waals surface area contributed by atoms with E-state index in [-0.39, 0.29) is 16.8 Å². The van der Waals surface area contributed by atoms with Crippen molar-refractivity contribution in [3.63, 3.8) is 0 Å². The second kappa shape index (κ2) is 7.76. The third-order valence-electron chi connectivity index (χ3n) is 5.51. The fourth-order valence-corrected chi connectivity index (χ4v) is 5.47. The first-order valence-electron chi connectivity index (χ1n) is 10.3. The lowest BCUT2D eigenvalue weighted by Gasteiger charge is -2.16. The zero-order chi connectivity index (χ0) is 24.3. The number of aromatic nitrogens is 5. The molecule has 1 aromatic carbocycles. The van der Waals surface area contributed by atoms with Crippen molar-refractivity contribution in [1.29, 1.82) is 5.26 Å². The van der Waals surface area contributed by atoms with E-state index in [4.69, 9.17) is 0 Å². The Morgan fingerprint density at radius 2 is 1.69 bits per heavy atom. The zero-order valence-electron chi connectivity index (χ0n) is 17.9. The van der Waals surface area contributed by atoms with E-state index >= 15 is 0 Å². The van der Waals surface area contributed by atoms with Gasteiger partial charge < -0.3 is 0 Å². The van der Waals surface area contributed by atoms with E-state index in [0.29, 0.717) is 27.6 Å². The van der Waals surface area contributed by atoms with E-state index in [0.717, 1.165) is 15.9 Å². The van der Waals surface area contributed by atoms with Gasteiger partial charge in [-0.05, 0) is 31.2 Å². The second-order valence-corrected chi connectivity index (χ2v) is 9.93. The van der Waals surface area contributed by atoms with Crippen LogP contribution in [-0.2, 0) is 6.18 Å². The van der Waals surface area contributed by atoms with Crippen LogP contribution in [0, 0.1) is 18.3 Å². The average Bonchev–Trinajstić information content (AvgIpc) is 3.58. The Hall–Kier alpha value is -4.01. The number of rotatable bonds is 3. The Balaban J connectivity index is 1.60. The van der Waals surface area contributed by atoms with Gasteiger partial charge in [0.1, 0.15) is 5.69 Å². The fraction of sp³-hybridized carbons (Fsp3) is 0.0833. The average molecular weight is 507 g/mol. The summed E-state index contributed by atoms with van der Waals surface area (Å²) >= 11 is 2.90. The summed E-state index contributed by atoms with van der Waals surface area (Å²) in [5, 5.41) is 11.3. The SMILES string of the molecule is Cc1cn2cc(-c3ccc(C#N)cc3-c3nc(-c4cn5ccsc5n4)ccc3C(F)(F)F)nc2s1. The number of imidazole rings is 2. The number of aryl methyl sites for hydroxylation is 1. The number of nitriles is 1. The van der Waals surface area contributed by atoms with Crippen LogP contribution in [0.15, 0.2) is 60.5 Å². The molecule has 172 valence electrons. The maximum Gasteiger partial charge on any atom is 0.418 e. The van der Waals surface area contributed by atoms with Gasteiger partial charge in [0.15, 0.2) is 9.92 Å². The number of halogens is 3. The predicted molar refractivity (Wildman–Crippen MR) is 128 cm³/mol. The highest BCUT2D eigenvalue weighted by atomic mass is 32.1. The number of nitrogens with zero attached hydrogens (tertiary/aromatic N) is 6. The molecule has 5 aromatic heterocycles. The van der Waals surface area contributed by atoms with Crippen molar-refractivity contribution < 1.29 is 13.2 Å². The zero-order valence-corrected chi connectivity index (χ0v) is 19.5. The third kappa shape index (κ3) is 3.67. The van der Waals surface area contributed by atoms with Crippen molar-refractivity contribution in [2.45, 2.75) is 13.1 Å². The van der Waals surface area contributed by atoms with Gasteiger partial charge in [-0.1, -0.05) is 6.07 Å². The van der Waals surface area contributed by atoms with Gasteiger partial charge in [-0.15, -0.1) is 22.7 Å². The molecule has 5 heterocycles. The molecular formula is C24H13F3N6S2. The number of hydrogen-bond acceptors (Lipinski definition) is 6. The lowest BCUT2D eigenvalue weighted by molar-refractivity contribution is -0.137. The van der Waals surface area contributed by atoms with Gasteiger partial charge in [0.05, 0.1) is 34.3 Å². The van der Waals surface area contributed by atoms with Crippen molar-refractivity contribution in [3.05, 3.63) is 76.5 Å². The van der Waals surface area contributed by atoms with E-state index < -0.39 is 11.7 Å². The summed E-state index contributed by atoms with van der Waals surface area (Å²) in [6.45, 7) is 1.96. The number of pyridine rings is 1. The first kappa shape index (κ1) is 21.5. The minimum absolute atomic E-state index is 0.182. The minimum Gasteiger partial charge on any atom is -0.297 e. The van der Waals surface area contributed by atoms with Crippen LogP contribution in [0.5, 0.6) is 0 Å². The summed E-state index contributed by atoms with van der Waals surface area (Å²) in [5.41, 5.74) is 0.963. The van der Waals surface area contributed by atoms with Crippen molar-refractivity contribution in [2.75, 3.05) is 0 Å². The smallest absolute Gasteiger partial charge is 0.297 e. The van der Waals surface area contributed by atoms with Crippen LogP contribution in [0.4, 0.5) is 13.2 Å². The maximum absolute atomic E-state index is 14.1. The number of benzene rings is 1. The van der Waals surface area contributed by atoms with Gasteiger partial charge in [-0.2, -0.15) is 18.4 Å². The molecule has 0 amide bonds. The molecule has 0 atom stereocenters. The summed E-state index contributed by atoms with van der Waals surface area (Å²) in [6.07, 6.45) is 2.57. The number of fused-ring (bicyclic) bond motifs is 2. The van der Waals surface area contributed by atoms with E-state index in [1.165, 1.54) is 34.8 Å². The van der Waals surface area contributed by atoms with Gasteiger partial charge in [0, 0.05) is 46.2 Å². The molecule has 0 N–H and O–H groups in total. The van der Waals surface area contributed by atoms with E-state index in [1.807, 2.05) is 35.2 Å². The van der Waals surface area contributed by atoms with Crippen LogP contribution in [0.3, 0.4) is 0 Å². The van der Waals surface area contributed by atoms with Crippen LogP contribution in [-0.4, -0.2) is 23.8 Å². The quantitative estimate of drug-likeness (QED) is 0.268. The first-order chi connectivity index (χ1) is 16.8. The van der Waals surface area contributed by atoms with Gasteiger partial charge in [0.2, 0.25) is 0 Å². The Morgan fingerprint density at radius 1 is 0.886 bits per heavy atom. The van der Waals surface area contributed by atoms with Crippen molar-refractivity contribution in [3.8, 4) is 40.0 Å². The molecule has 0 bridgehead atoms. The molecule has 0 unspecified atom stereocenters. The Kier molecular flexibility index (Phi) is 4.77. The molecule has 0 aliphatic rings. The minimum atomic E-state index is -4.65. The first-order valence-corrected chi connectivity index (χ1v) is 12.0. The third-order valence-corrected chi connectivity index (χ3v) is 7.19. The van der Waals surface area contributed by atoms with Gasteiger partial charge in [-0.3, -0.25) is 8.80 Å². The molecule has 0 spiro atoms. The molecule has 0 aliphatic carbocycles. The molecule has 0 saturated carbocycles. The van der Waals surface area contributed by atoms with Gasteiger partial charge >= 0.3 is 6.18 Å². The number of hydrogen-bond donors (Lipinski definition) is 0. The van der Waals surface area contributed by atoms with Gasteiger partial charge in [0.25, 0.3) is 0 Å². The lowest BCUT2D eigenvalue weighted by Crippen LogP contribution is -2.09. The van der Waals surface area contributed by atoms with Crippen LogP contribution < -0.4 is 0 Å². The molecule has 11 heteroatoms. The Bertz CT molecular complexity index is 1720. The molecule has 0 fully saturated rings. The molecule has 6 nitrogen and oxygen atoms in total. The molecule has 35 heavy (non-hydrogen) atoms. The number of thiazole rings is 2. The highest BCUT2D eigenvalue weighted by Crippen LogP contribution is 2.41. The summed E-state index contributed by atoms with van der Waals surface area (Å²) in [7, 11) is 0. The molecule has 0 saturated heterocycles. The van der Waals surface area contributed by atoms with E-state index in [9.17, 15) is 18.4 Å².